The molecule has 1 aliphatic carbocycles. The van der Waals surface area contributed by atoms with Crippen molar-refractivity contribution in [2.45, 2.75) is 32.8 Å². The zero-order chi connectivity index (χ0) is 21.7. The number of carbonyl (C=O) groups is 1. The molecule has 30 heavy (non-hydrogen) atoms. The number of halogens is 2. The van der Waals surface area contributed by atoms with Gasteiger partial charge in [0.1, 0.15) is 13.7 Å². The van der Waals surface area contributed by atoms with Gasteiger partial charge < -0.3 is 15.0 Å². The molecule has 3 rings (SSSR count). The summed E-state index contributed by atoms with van der Waals surface area (Å²) in [5.74, 6) is -0.390. The van der Waals surface area contributed by atoms with E-state index >= 15 is 0 Å². The summed E-state index contributed by atoms with van der Waals surface area (Å²) in [5, 5.41) is 10.6. The fourth-order valence-corrected chi connectivity index (χ4v) is 3.54. The lowest BCUT2D eigenvalue weighted by Crippen LogP contribution is -2.29. The van der Waals surface area contributed by atoms with Crippen molar-refractivity contribution in [3.8, 4) is 0 Å². The zero-order valence-electron chi connectivity index (χ0n) is 17.0. The fraction of sp³-hybridized carbons (Fsp3) is 0.318. The molecule has 1 aliphatic rings. The third kappa shape index (κ3) is 4.32. The Morgan fingerprint density at radius 3 is 2.67 bits per heavy atom. The SMILES string of the molecule is CNC(=O)/C(=N/OC)c1cccc(C)c1CO/N=C1\CCc2c1cccc2C(F)F. The van der Waals surface area contributed by atoms with Crippen molar-refractivity contribution in [2.75, 3.05) is 14.2 Å². The number of oxime groups is 2. The molecule has 0 aromatic heterocycles. The van der Waals surface area contributed by atoms with Crippen LogP contribution in [0, 0.1) is 6.92 Å². The predicted molar refractivity (Wildman–Crippen MR) is 110 cm³/mol. The second-order valence-corrected chi connectivity index (χ2v) is 6.79. The maximum Gasteiger partial charge on any atom is 0.273 e. The number of rotatable bonds is 7. The molecule has 0 unspecified atom stereocenters. The van der Waals surface area contributed by atoms with Gasteiger partial charge in [-0.05, 0) is 30.9 Å². The summed E-state index contributed by atoms with van der Waals surface area (Å²) in [7, 11) is 2.88. The number of nitrogens with zero attached hydrogens (tertiary/aromatic N) is 2. The average Bonchev–Trinajstić information content (AvgIpc) is 3.15. The number of benzene rings is 2. The van der Waals surface area contributed by atoms with Gasteiger partial charge in [-0.2, -0.15) is 0 Å². The van der Waals surface area contributed by atoms with Gasteiger partial charge in [-0.25, -0.2) is 8.78 Å². The summed E-state index contributed by atoms with van der Waals surface area (Å²) >= 11 is 0. The Bertz CT molecular complexity index is 1000. The van der Waals surface area contributed by atoms with Gasteiger partial charge in [-0.3, -0.25) is 4.79 Å². The van der Waals surface area contributed by atoms with Crippen molar-refractivity contribution in [3.05, 3.63) is 69.8 Å². The van der Waals surface area contributed by atoms with E-state index in [4.69, 9.17) is 9.68 Å². The molecular formula is C22H23F2N3O3. The Hall–Kier alpha value is -3.29. The number of carbonyl (C=O) groups excluding carboxylic acids is 1. The van der Waals surface area contributed by atoms with Gasteiger partial charge in [0.2, 0.25) is 0 Å². The summed E-state index contributed by atoms with van der Waals surface area (Å²) in [5.41, 5.74) is 4.34. The summed E-state index contributed by atoms with van der Waals surface area (Å²) < 4.78 is 26.4. The smallest absolute Gasteiger partial charge is 0.273 e. The van der Waals surface area contributed by atoms with Crippen LogP contribution in [-0.2, 0) is 27.5 Å². The standard InChI is InChI=1S/C22H23F2N3O3/c1-13-6-4-8-16(20(27-29-3)22(28)25-2)18(13)12-30-26-19-11-10-14-15(19)7-5-9-17(14)21(23)24/h4-9,21H,10-12H2,1-3H3,(H,25,28)/b26-19+,27-20+. The normalized spacial score (nSPS) is 14.7. The van der Waals surface area contributed by atoms with Crippen LogP contribution < -0.4 is 5.32 Å². The Morgan fingerprint density at radius 1 is 1.20 bits per heavy atom. The lowest BCUT2D eigenvalue weighted by atomic mass is 9.98. The van der Waals surface area contributed by atoms with Gasteiger partial charge in [0.25, 0.3) is 12.3 Å². The minimum atomic E-state index is -2.52. The minimum Gasteiger partial charge on any atom is -0.398 e. The lowest BCUT2D eigenvalue weighted by Gasteiger charge is -2.13. The van der Waals surface area contributed by atoms with E-state index in [9.17, 15) is 13.6 Å². The van der Waals surface area contributed by atoms with Crippen molar-refractivity contribution < 1.29 is 23.3 Å². The van der Waals surface area contributed by atoms with E-state index < -0.39 is 6.43 Å². The molecule has 0 aliphatic heterocycles. The van der Waals surface area contributed by atoms with E-state index in [-0.39, 0.29) is 23.8 Å². The lowest BCUT2D eigenvalue weighted by molar-refractivity contribution is -0.114. The molecular weight excluding hydrogens is 392 g/mol. The third-order valence-corrected chi connectivity index (χ3v) is 5.04. The number of aryl methyl sites for hydroxylation is 1. The van der Waals surface area contributed by atoms with Crippen LogP contribution in [0.4, 0.5) is 8.78 Å². The monoisotopic (exact) mass is 415 g/mol. The predicted octanol–water partition coefficient (Wildman–Crippen LogP) is 3.90. The topological polar surface area (TPSA) is 72.3 Å². The summed E-state index contributed by atoms with van der Waals surface area (Å²) in [6, 6.07) is 10.3. The Kier molecular flexibility index (Phi) is 6.76. The summed E-state index contributed by atoms with van der Waals surface area (Å²) in [6.45, 7) is 1.98. The van der Waals surface area contributed by atoms with Gasteiger partial charge in [-0.1, -0.05) is 46.7 Å². The first kappa shape index (κ1) is 21.4. The highest BCUT2D eigenvalue weighted by Gasteiger charge is 2.25. The molecule has 2 aromatic rings. The quantitative estimate of drug-likeness (QED) is 0.551. The van der Waals surface area contributed by atoms with Crippen LogP contribution >= 0.6 is 0 Å². The molecule has 1 amide bonds. The molecule has 6 nitrogen and oxygen atoms in total. The van der Waals surface area contributed by atoms with Gasteiger partial charge in [0.05, 0.1) is 5.71 Å². The van der Waals surface area contributed by atoms with Crippen molar-refractivity contribution >= 4 is 17.3 Å². The molecule has 0 fully saturated rings. The second-order valence-electron chi connectivity index (χ2n) is 6.79. The molecule has 0 radical (unpaired) electrons. The maximum atomic E-state index is 13.2. The van der Waals surface area contributed by atoms with Crippen LogP contribution in [-0.4, -0.2) is 31.5 Å². The molecule has 0 heterocycles. The Balaban J connectivity index is 1.86. The van der Waals surface area contributed by atoms with Gasteiger partial charge in [-0.15, -0.1) is 0 Å². The van der Waals surface area contributed by atoms with Crippen LogP contribution in [0.1, 0.15) is 46.2 Å². The van der Waals surface area contributed by atoms with Crippen LogP contribution in [0.15, 0.2) is 46.7 Å². The zero-order valence-corrected chi connectivity index (χ0v) is 17.0. The molecule has 0 spiro atoms. The van der Waals surface area contributed by atoms with Crippen LogP contribution in [0.2, 0.25) is 0 Å². The minimum absolute atomic E-state index is 0.0462. The van der Waals surface area contributed by atoms with Crippen molar-refractivity contribution in [3.63, 3.8) is 0 Å². The van der Waals surface area contributed by atoms with Gasteiger partial charge in [0.15, 0.2) is 5.71 Å². The molecule has 8 heteroatoms. The van der Waals surface area contributed by atoms with Crippen LogP contribution in [0.5, 0.6) is 0 Å². The van der Waals surface area contributed by atoms with Gasteiger partial charge in [0, 0.05) is 29.3 Å². The summed E-state index contributed by atoms with van der Waals surface area (Å²) in [6.07, 6.45) is -1.47. The highest BCUT2D eigenvalue weighted by Crippen LogP contribution is 2.32. The number of nitrogens with one attached hydrogen (secondary N) is 1. The summed E-state index contributed by atoms with van der Waals surface area (Å²) in [4.78, 5) is 22.6. The molecule has 0 saturated carbocycles. The van der Waals surface area contributed by atoms with Gasteiger partial charge >= 0.3 is 0 Å². The first-order valence-corrected chi connectivity index (χ1v) is 9.49. The van der Waals surface area contributed by atoms with E-state index in [1.807, 2.05) is 19.1 Å². The van der Waals surface area contributed by atoms with E-state index in [2.05, 4.69) is 15.6 Å². The number of hydrogen-bond donors (Lipinski definition) is 1. The van der Waals surface area contributed by atoms with E-state index in [1.54, 1.807) is 18.2 Å². The number of alkyl halides is 2. The Morgan fingerprint density at radius 2 is 1.97 bits per heavy atom. The largest absolute Gasteiger partial charge is 0.398 e. The average molecular weight is 415 g/mol. The molecule has 0 saturated heterocycles. The van der Waals surface area contributed by atoms with E-state index in [0.717, 1.165) is 11.1 Å². The molecule has 0 bridgehead atoms. The highest BCUT2D eigenvalue weighted by molar-refractivity contribution is 6.45. The number of fused-ring (bicyclic) bond motifs is 1. The van der Waals surface area contributed by atoms with Crippen LogP contribution in [0.25, 0.3) is 0 Å². The molecule has 1 N–H and O–H groups in total. The molecule has 0 atom stereocenters. The molecule has 158 valence electrons. The van der Waals surface area contributed by atoms with Crippen molar-refractivity contribution in [1.29, 1.82) is 0 Å². The Labute approximate surface area is 173 Å². The van der Waals surface area contributed by atoms with Crippen molar-refractivity contribution in [2.24, 2.45) is 10.3 Å². The molecule has 2 aromatic carbocycles. The first-order chi connectivity index (χ1) is 14.5. The number of hydrogen-bond acceptors (Lipinski definition) is 5. The van der Waals surface area contributed by atoms with E-state index in [1.165, 1.54) is 20.2 Å². The highest BCUT2D eigenvalue weighted by atomic mass is 19.3. The van der Waals surface area contributed by atoms with Crippen LogP contribution in [0.3, 0.4) is 0 Å². The first-order valence-electron chi connectivity index (χ1n) is 9.49. The van der Waals surface area contributed by atoms with Crippen molar-refractivity contribution in [1.82, 2.24) is 5.32 Å². The second kappa shape index (κ2) is 9.47. The number of likely N-dealkylation sites (N-methyl/N-ethyl adjacent to an activating group) is 1. The maximum absolute atomic E-state index is 13.2. The number of amides is 1. The third-order valence-electron chi connectivity index (χ3n) is 5.04. The van der Waals surface area contributed by atoms with E-state index in [0.29, 0.717) is 35.2 Å². The fourth-order valence-electron chi connectivity index (χ4n) is 3.54.